The average Bonchev–Trinajstić information content (AvgIpc) is 2.00. The van der Waals surface area contributed by atoms with Gasteiger partial charge in [0.25, 0.3) is 0 Å². The monoisotopic (exact) mass is 196 g/mol. The Balaban J connectivity index is 2.37. The molecule has 78 valence electrons. The second kappa shape index (κ2) is 2.81. The van der Waals surface area contributed by atoms with Gasteiger partial charge in [-0.05, 0) is 24.2 Å². The molecule has 2 bridgehead atoms. The number of aliphatic carboxylic acids is 1. The van der Waals surface area contributed by atoms with Crippen LogP contribution in [0.4, 0.5) is 0 Å². The molecule has 0 aromatic carbocycles. The van der Waals surface area contributed by atoms with Gasteiger partial charge in [0.05, 0.1) is 5.92 Å². The number of fused-ring (bicyclic) bond motifs is 3. The van der Waals surface area contributed by atoms with Crippen molar-refractivity contribution >= 4 is 11.8 Å². The molecular formula is C11H16O3. The Labute approximate surface area is 83.5 Å². The van der Waals surface area contributed by atoms with E-state index >= 15 is 0 Å². The quantitative estimate of drug-likeness (QED) is 0.694. The van der Waals surface area contributed by atoms with Gasteiger partial charge < -0.3 is 5.11 Å². The first-order chi connectivity index (χ1) is 6.46. The van der Waals surface area contributed by atoms with Gasteiger partial charge in [-0.3, -0.25) is 9.59 Å². The molecule has 4 atom stereocenters. The van der Waals surface area contributed by atoms with Gasteiger partial charge in [0.15, 0.2) is 0 Å². The predicted octanol–water partition coefficient (Wildman–Crippen LogP) is 1.71. The van der Waals surface area contributed by atoms with Crippen LogP contribution in [-0.2, 0) is 9.59 Å². The Kier molecular flexibility index (Phi) is 1.95. The first-order valence-electron chi connectivity index (χ1n) is 5.21. The van der Waals surface area contributed by atoms with Gasteiger partial charge in [0.1, 0.15) is 5.78 Å². The molecule has 3 saturated carbocycles. The normalized spacial score (nSPS) is 46.7. The van der Waals surface area contributed by atoms with Crippen molar-refractivity contribution in [1.29, 1.82) is 0 Å². The number of rotatable bonds is 1. The number of carbonyl (C=O) groups is 2. The van der Waals surface area contributed by atoms with Gasteiger partial charge in [-0.15, -0.1) is 0 Å². The zero-order valence-corrected chi connectivity index (χ0v) is 8.62. The van der Waals surface area contributed by atoms with Crippen molar-refractivity contribution in [3.8, 4) is 0 Å². The van der Waals surface area contributed by atoms with Crippen LogP contribution in [0, 0.1) is 23.2 Å². The number of hydrogen-bond donors (Lipinski definition) is 1. The van der Waals surface area contributed by atoms with Crippen LogP contribution in [0.2, 0.25) is 0 Å². The molecular weight excluding hydrogens is 180 g/mol. The highest BCUT2D eigenvalue weighted by Crippen LogP contribution is 2.54. The number of ketones is 1. The maximum Gasteiger partial charge on any atom is 0.307 e. The standard InChI is InChI=1S/C11H16O3/c1-6-7-3-4-11(2,5-8(7)12)9(6)10(13)14/h6-7,9H,3-5H2,1-2H3,(H,13,14)/t6-,7+,9-,11-/m0/s1. The topological polar surface area (TPSA) is 54.4 Å². The first kappa shape index (κ1) is 9.69. The van der Waals surface area contributed by atoms with Crippen molar-refractivity contribution in [2.75, 3.05) is 0 Å². The number of Topliss-reactive ketones (excluding diaryl/α,β-unsaturated/α-hetero) is 1. The summed E-state index contributed by atoms with van der Waals surface area (Å²) in [5.74, 6) is -0.731. The summed E-state index contributed by atoms with van der Waals surface area (Å²) in [4.78, 5) is 22.8. The Bertz CT molecular complexity index is 297. The number of hydrogen-bond acceptors (Lipinski definition) is 2. The lowest BCUT2D eigenvalue weighted by Crippen LogP contribution is -2.53. The van der Waals surface area contributed by atoms with Gasteiger partial charge in [-0.2, -0.15) is 0 Å². The Morgan fingerprint density at radius 1 is 1.57 bits per heavy atom. The molecule has 3 nitrogen and oxygen atoms in total. The SMILES string of the molecule is C[C@@H]1[C@@H](C(=O)O)[C@@]2(C)CC[C@H]1C(=O)C2. The smallest absolute Gasteiger partial charge is 0.307 e. The average molecular weight is 196 g/mol. The summed E-state index contributed by atoms with van der Waals surface area (Å²) in [6.45, 7) is 3.87. The molecule has 3 fully saturated rings. The molecule has 3 aliphatic carbocycles. The van der Waals surface area contributed by atoms with Crippen LogP contribution in [0.25, 0.3) is 0 Å². The van der Waals surface area contributed by atoms with Crippen LogP contribution in [0.1, 0.15) is 33.1 Å². The molecule has 3 heteroatoms. The van der Waals surface area contributed by atoms with Crippen LogP contribution in [0.15, 0.2) is 0 Å². The molecule has 0 spiro atoms. The second-order valence-electron chi connectivity index (χ2n) is 5.12. The second-order valence-corrected chi connectivity index (χ2v) is 5.12. The molecule has 14 heavy (non-hydrogen) atoms. The molecule has 0 amide bonds. The maximum atomic E-state index is 11.6. The largest absolute Gasteiger partial charge is 0.481 e. The highest BCUT2D eigenvalue weighted by atomic mass is 16.4. The maximum absolute atomic E-state index is 11.6. The molecule has 0 aromatic heterocycles. The molecule has 3 rings (SSSR count). The lowest BCUT2D eigenvalue weighted by Gasteiger charge is -2.51. The highest BCUT2D eigenvalue weighted by Gasteiger charge is 2.55. The summed E-state index contributed by atoms with van der Waals surface area (Å²) >= 11 is 0. The van der Waals surface area contributed by atoms with E-state index < -0.39 is 5.97 Å². The third-order valence-electron chi connectivity index (χ3n) is 4.20. The van der Waals surface area contributed by atoms with Crippen LogP contribution in [0.3, 0.4) is 0 Å². The van der Waals surface area contributed by atoms with E-state index in [1.807, 2.05) is 13.8 Å². The predicted molar refractivity (Wildman–Crippen MR) is 50.7 cm³/mol. The van der Waals surface area contributed by atoms with E-state index in [1.54, 1.807) is 0 Å². The summed E-state index contributed by atoms with van der Waals surface area (Å²) in [6.07, 6.45) is 2.25. The molecule has 0 heterocycles. The van der Waals surface area contributed by atoms with Gasteiger partial charge >= 0.3 is 5.97 Å². The van der Waals surface area contributed by atoms with Crippen LogP contribution < -0.4 is 0 Å². The van der Waals surface area contributed by atoms with Crippen molar-refractivity contribution in [2.24, 2.45) is 23.2 Å². The molecule has 0 unspecified atom stereocenters. The van der Waals surface area contributed by atoms with Gasteiger partial charge in [-0.25, -0.2) is 0 Å². The van der Waals surface area contributed by atoms with E-state index in [2.05, 4.69) is 0 Å². The van der Waals surface area contributed by atoms with Crippen LogP contribution >= 0.6 is 0 Å². The Hall–Kier alpha value is -0.860. The van der Waals surface area contributed by atoms with Crippen molar-refractivity contribution < 1.29 is 14.7 Å². The zero-order chi connectivity index (χ0) is 10.5. The summed E-state index contributed by atoms with van der Waals surface area (Å²) in [5.41, 5.74) is -0.281. The summed E-state index contributed by atoms with van der Waals surface area (Å²) < 4.78 is 0. The van der Waals surface area contributed by atoms with E-state index in [4.69, 9.17) is 0 Å². The van der Waals surface area contributed by atoms with E-state index in [1.165, 1.54) is 0 Å². The third-order valence-corrected chi connectivity index (χ3v) is 4.20. The van der Waals surface area contributed by atoms with Gasteiger partial charge in [0, 0.05) is 12.3 Å². The summed E-state index contributed by atoms with van der Waals surface area (Å²) in [6, 6.07) is 0. The molecule has 0 radical (unpaired) electrons. The minimum atomic E-state index is -0.725. The number of carbonyl (C=O) groups excluding carboxylic acids is 1. The lowest BCUT2D eigenvalue weighted by atomic mass is 9.51. The van der Waals surface area contributed by atoms with Gasteiger partial charge in [0.2, 0.25) is 0 Å². The molecule has 1 N–H and O–H groups in total. The highest BCUT2D eigenvalue weighted by molar-refractivity contribution is 5.87. The van der Waals surface area contributed by atoms with Crippen molar-refractivity contribution in [3.63, 3.8) is 0 Å². The molecule has 3 aliphatic rings. The molecule has 0 saturated heterocycles. The summed E-state index contributed by atoms with van der Waals surface area (Å²) in [7, 11) is 0. The fourth-order valence-electron chi connectivity index (χ4n) is 3.48. The first-order valence-corrected chi connectivity index (χ1v) is 5.21. The minimum absolute atomic E-state index is 0.0120. The fourth-order valence-corrected chi connectivity index (χ4v) is 3.48. The van der Waals surface area contributed by atoms with Crippen molar-refractivity contribution in [2.45, 2.75) is 33.1 Å². The minimum Gasteiger partial charge on any atom is -0.481 e. The fraction of sp³-hybridized carbons (Fsp3) is 0.818. The Morgan fingerprint density at radius 3 is 2.64 bits per heavy atom. The van der Waals surface area contributed by atoms with E-state index in [0.717, 1.165) is 12.8 Å². The lowest BCUT2D eigenvalue weighted by molar-refractivity contribution is -0.163. The van der Waals surface area contributed by atoms with E-state index in [-0.39, 0.29) is 29.0 Å². The van der Waals surface area contributed by atoms with Crippen molar-refractivity contribution in [3.05, 3.63) is 0 Å². The van der Waals surface area contributed by atoms with E-state index in [0.29, 0.717) is 6.42 Å². The zero-order valence-electron chi connectivity index (χ0n) is 8.62. The van der Waals surface area contributed by atoms with Crippen molar-refractivity contribution in [1.82, 2.24) is 0 Å². The Morgan fingerprint density at radius 2 is 2.21 bits per heavy atom. The number of carboxylic acid groups (broad SMARTS) is 1. The van der Waals surface area contributed by atoms with Crippen LogP contribution in [0.5, 0.6) is 0 Å². The third kappa shape index (κ3) is 1.11. The van der Waals surface area contributed by atoms with Gasteiger partial charge in [-0.1, -0.05) is 13.8 Å². The summed E-state index contributed by atoms with van der Waals surface area (Å²) in [5, 5.41) is 9.17. The molecule has 0 aromatic rings. The van der Waals surface area contributed by atoms with Crippen LogP contribution in [-0.4, -0.2) is 16.9 Å². The van der Waals surface area contributed by atoms with E-state index in [9.17, 15) is 14.7 Å². The molecule has 0 aliphatic heterocycles. The number of carboxylic acids is 1.